The van der Waals surface area contributed by atoms with Gasteiger partial charge in [-0.25, -0.2) is 14.8 Å². The number of anilines is 1. The summed E-state index contributed by atoms with van der Waals surface area (Å²) >= 11 is 0. The van der Waals surface area contributed by atoms with Crippen LogP contribution < -0.4 is 11.3 Å². The molecule has 188 valence electrons. The van der Waals surface area contributed by atoms with Crippen molar-refractivity contribution in [3.05, 3.63) is 52.6 Å². The number of aliphatic imine (C=N–C) groups is 1. The molecule has 3 unspecified atom stereocenters. The number of hydrogen-bond acceptors (Lipinski definition) is 10. The number of fused-ring (bicyclic) bond motifs is 1. The highest BCUT2D eigenvalue weighted by Gasteiger charge is 2.25. The first-order valence-electron chi connectivity index (χ1n) is 10.9. The Labute approximate surface area is 203 Å². The van der Waals surface area contributed by atoms with Crippen LogP contribution in [-0.2, 0) is 32.3 Å². The predicted molar refractivity (Wildman–Crippen MR) is 132 cm³/mol. The zero-order chi connectivity index (χ0) is 25.4. The molecule has 0 saturated heterocycles. The van der Waals surface area contributed by atoms with Gasteiger partial charge in [0.2, 0.25) is 11.6 Å². The first-order valence-corrected chi connectivity index (χ1v) is 11.5. The van der Waals surface area contributed by atoms with E-state index in [0.717, 1.165) is 5.56 Å². The maximum Gasteiger partial charge on any atom is 0.331 e. The highest BCUT2D eigenvalue weighted by atomic mass is 31.0. The summed E-state index contributed by atoms with van der Waals surface area (Å²) < 4.78 is 18.1. The van der Waals surface area contributed by atoms with Crippen molar-refractivity contribution in [1.82, 2.24) is 19.5 Å². The van der Waals surface area contributed by atoms with Gasteiger partial charge in [-0.05, 0) is 20.7 Å². The van der Waals surface area contributed by atoms with Crippen LogP contribution in [0.5, 0.6) is 0 Å². The van der Waals surface area contributed by atoms with Crippen molar-refractivity contribution >= 4 is 38.0 Å². The number of nitrogens with one attached hydrogen (secondary N) is 1. The van der Waals surface area contributed by atoms with E-state index in [4.69, 9.17) is 19.9 Å². The molecule has 0 aliphatic carbocycles. The fraction of sp³-hybridized carbons (Fsp3) is 0.409. The summed E-state index contributed by atoms with van der Waals surface area (Å²) in [5, 5.41) is 9.66. The van der Waals surface area contributed by atoms with Crippen LogP contribution in [0, 0.1) is 5.92 Å². The molecule has 2 aromatic heterocycles. The number of nitrogens with two attached hydrogens (primary N) is 1. The average Bonchev–Trinajstić information content (AvgIpc) is 3.24. The molecule has 3 rings (SSSR count). The standard InChI is InChI=1S/C22H29N6O6P/c1-13(2)16(25-22(35)33-9-14-6-4-3-5-7-14)20(31)32-10-15(8-29)34-12-28-11-24-17-18(28)26-21(23)27-19(17)30/h3-7,11,13,15-16,29H,8-10,12,35H2,1-2H3,(H3,23,26,27,30). The Balaban J connectivity index is 1.55. The lowest BCUT2D eigenvalue weighted by molar-refractivity contribution is -0.153. The number of aromatic amines is 1. The molecule has 13 heteroatoms. The molecule has 0 spiro atoms. The van der Waals surface area contributed by atoms with Crippen molar-refractivity contribution in [2.75, 3.05) is 18.9 Å². The number of esters is 1. The molecule has 1 aromatic carbocycles. The van der Waals surface area contributed by atoms with Gasteiger partial charge in [0.25, 0.3) is 5.56 Å². The predicted octanol–water partition coefficient (Wildman–Crippen LogP) is 1.05. The molecule has 0 bridgehead atoms. The van der Waals surface area contributed by atoms with Crippen molar-refractivity contribution in [3.63, 3.8) is 0 Å². The Bertz CT molecular complexity index is 1210. The third-order valence-electron chi connectivity index (χ3n) is 4.93. The first kappa shape index (κ1) is 26.3. The maximum absolute atomic E-state index is 12.7. The zero-order valence-electron chi connectivity index (χ0n) is 19.5. The molecule has 12 nitrogen and oxygen atoms in total. The second-order valence-corrected chi connectivity index (χ2v) is 8.49. The number of aliphatic hydroxyl groups excluding tert-OH is 1. The monoisotopic (exact) mass is 504 g/mol. The highest BCUT2D eigenvalue weighted by molar-refractivity contribution is 7.39. The van der Waals surface area contributed by atoms with E-state index in [2.05, 4.69) is 29.2 Å². The normalized spacial score (nSPS) is 13.7. The van der Waals surface area contributed by atoms with Crippen LogP contribution in [0.3, 0.4) is 0 Å². The van der Waals surface area contributed by atoms with Crippen molar-refractivity contribution in [2.24, 2.45) is 10.9 Å². The summed E-state index contributed by atoms with van der Waals surface area (Å²) in [6.07, 6.45) is 0.545. The minimum atomic E-state index is -0.822. The number of H-pyrrole nitrogens is 1. The molecule has 35 heavy (non-hydrogen) atoms. The van der Waals surface area contributed by atoms with Gasteiger partial charge in [0.1, 0.15) is 26.0 Å². The quantitative estimate of drug-likeness (QED) is 0.150. The van der Waals surface area contributed by atoms with Crippen LogP contribution in [0.2, 0.25) is 0 Å². The van der Waals surface area contributed by atoms with E-state index in [1.54, 1.807) is 0 Å². The third-order valence-corrected chi connectivity index (χ3v) is 5.24. The molecule has 3 atom stereocenters. The largest absolute Gasteiger partial charge is 0.473 e. The molecule has 0 amide bonds. The summed E-state index contributed by atoms with van der Waals surface area (Å²) in [4.78, 5) is 39.3. The van der Waals surface area contributed by atoms with Gasteiger partial charge in [-0.2, -0.15) is 4.98 Å². The van der Waals surface area contributed by atoms with E-state index in [0.29, 0.717) is 6.61 Å². The molecular formula is C22H29N6O6P. The van der Waals surface area contributed by atoms with E-state index in [1.165, 1.54) is 10.9 Å². The number of aromatic nitrogens is 4. The number of carbonyl (C=O) groups excluding carboxylic acids is 1. The second-order valence-electron chi connectivity index (χ2n) is 8.00. The molecule has 4 N–H and O–H groups in total. The molecule has 2 heterocycles. The van der Waals surface area contributed by atoms with E-state index in [1.807, 2.05) is 44.2 Å². The van der Waals surface area contributed by atoms with Gasteiger partial charge < -0.3 is 25.1 Å². The molecule has 0 aliphatic rings. The lowest BCUT2D eigenvalue weighted by atomic mass is 10.1. The van der Waals surface area contributed by atoms with Crippen LogP contribution in [0.4, 0.5) is 5.95 Å². The number of nitrogens with zero attached hydrogens (tertiary/aromatic N) is 4. The van der Waals surface area contributed by atoms with Gasteiger partial charge in [0, 0.05) is 0 Å². The van der Waals surface area contributed by atoms with Gasteiger partial charge in [0.05, 0.1) is 12.9 Å². The van der Waals surface area contributed by atoms with Crippen molar-refractivity contribution in [1.29, 1.82) is 0 Å². The van der Waals surface area contributed by atoms with Crippen LogP contribution in [0.1, 0.15) is 19.4 Å². The fourth-order valence-corrected chi connectivity index (χ4v) is 3.29. The smallest absolute Gasteiger partial charge is 0.331 e. The van der Waals surface area contributed by atoms with E-state index < -0.39 is 30.3 Å². The molecule has 0 fully saturated rings. The topological polar surface area (TPSA) is 167 Å². The lowest BCUT2D eigenvalue weighted by Crippen LogP contribution is -2.33. The van der Waals surface area contributed by atoms with Gasteiger partial charge >= 0.3 is 5.97 Å². The highest BCUT2D eigenvalue weighted by Crippen LogP contribution is 2.13. The number of benzene rings is 1. The van der Waals surface area contributed by atoms with Crippen LogP contribution in [0.25, 0.3) is 11.2 Å². The number of nitrogen functional groups attached to an aromatic ring is 1. The Morgan fingerprint density at radius 2 is 2.03 bits per heavy atom. The Kier molecular flexibility index (Phi) is 9.30. The SMILES string of the molecule is CC(C)C(N=C(P)OCc1ccccc1)C(=O)OCC(CO)OCn1cnc2c(=O)[nH]c(N)nc21. The molecular weight excluding hydrogens is 475 g/mol. The summed E-state index contributed by atoms with van der Waals surface area (Å²) in [7, 11) is 2.38. The zero-order valence-corrected chi connectivity index (χ0v) is 20.6. The van der Waals surface area contributed by atoms with Gasteiger partial charge in [-0.15, -0.1) is 0 Å². The van der Waals surface area contributed by atoms with Crippen LogP contribution in [-0.4, -0.2) is 61.6 Å². The Hall–Kier alpha value is -3.34. The van der Waals surface area contributed by atoms with E-state index in [9.17, 15) is 14.7 Å². The minimum absolute atomic E-state index is 0.0571. The average molecular weight is 504 g/mol. The van der Waals surface area contributed by atoms with E-state index in [-0.39, 0.29) is 42.0 Å². The number of aliphatic hydroxyl groups is 1. The van der Waals surface area contributed by atoms with Crippen molar-refractivity contribution in [2.45, 2.75) is 39.3 Å². The van der Waals surface area contributed by atoms with Gasteiger partial charge in [-0.3, -0.25) is 14.3 Å². The number of rotatable bonds is 11. The van der Waals surface area contributed by atoms with Gasteiger partial charge in [-0.1, -0.05) is 44.2 Å². The number of ether oxygens (including phenoxy) is 3. The Morgan fingerprint density at radius 1 is 1.29 bits per heavy atom. The summed E-state index contributed by atoms with van der Waals surface area (Å²) in [5.41, 5.74) is 6.71. The number of carbonyl (C=O) groups is 1. The van der Waals surface area contributed by atoms with Crippen LogP contribution in [0.15, 0.2) is 46.4 Å². The van der Waals surface area contributed by atoms with E-state index >= 15 is 0 Å². The Morgan fingerprint density at radius 3 is 2.71 bits per heavy atom. The maximum atomic E-state index is 12.7. The second kappa shape index (κ2) is 12.4. The summed E-state index contributed by atoms with van der Waals surface area (Å²) in [6, 6.07) is 8.79. The summed E-state index contributed by atoms with van der Waals surface area (Å²) in [6.45, 7) is 3.31. The first-order chi connectivity index (χ1) is 16.8. The summed E-state index contributed by atoms with van der Waals surface area (Å²) in [5.74, 6) is -0.781. The molecule has 3 aromatic rings. The minimum Gasteiger partial charge on any atom is -0.473 e. The fourth-order valence-electron chi connectivity index (χ4n) is 3.04. The van der Waals surface area contributed by atoms with Crippen LogP contribution >= 0.6 is 9.24 Å². The third kappa shape index (κ3) is 7.32. The molecule has 0 saturated carbocycles. The van der Waals surface area contributed by atoms with Crippen molar-refractivity contribution < 1.29 is 24.1 Å². The van der Waals surface area contributed by atoms with Gasteiger partial charge in [0.15, 0.2) is 17.2 Å². The number of hydrogen-bond donors (Lipinski definition) is 3. The molecule has 0 radical (unpaired) electrons. The van der Waals surface area contributed by atoms with Crippen molar-refractivity contribution in [3.8, 4) is 0 Å². The molecule has 0 aliphatic heterocycles. The number of imidazole rings is 1. The lowest BCUT2D eigenvalue weighted by Gasteiger charge is -2.20.